The summed E-state index contributed by atoms with van der Waals surface area (Å²) in [5, 5.41) is 0. The molecule has 1 atom stereocenters. The normalized spacial score (nSPS) is 12.1. The van der Waals surface area contributed by atoms with Gasteiger partial charge in [-0.2, -0.15) is 0 Å². The van der Waals surface area contributed by atoms with Crippen molar-refractivity contribution in [2.75, 3.05) is 13.2 Å². The van der Waals surface area contributed by atoms with Crippen LogP contribution in [0.5, 0.6) is 0 Å². The number of carbonyl (C=O) groups is 3. The first kappa shape index (κ1) is 54.9. The zero-order valence-electron chi connectivity index (χ0n) is 38.1. The molecule has 0 aliphatic heterocycles. The van der Waals surface area contributed by atoms with Crippen molar-refractivity contribution in [2.45, 2.75) is 271 Å². The molecule has 0 aromatic carbocycles. The number of unbranched alkanes of at least 4 members (excludes halogenated alkanes) is 30. The zero-order valence-corrected chi connectivity index (χ0v) is 38.1. The first-order valence-electron chi connectivity index (χ1n) is 24.8. The Bertz CT molecular complexity index is 927. The third kappa shape index (κ3) is 44.8. The Hall–Kier alpha value is -2.11. The summed E-state index contributed by atoms with van der Waals surface area (Å²) in [6.07, 6.45) is 51.7. The van der Waals surface area contributed by atoms with Crippen LogP contribution in [0.4, 0.5) is 0 Å². The number of rotatable bonds is 45. The predicted octanol–water partition coefficient (Wildman–Crippen LogP) is 16.0. The molecule has 0 radical (unpaired) electrons. The molecule has 1 unspecified atom stereocenters. The van der Waals surface area contributed by atoms with E-state index >= 15 is 0 Å². The van der Waals surface area contributed by atoms with Crippen molar-refractivity contribution in [3.8, 4) is 0 Å². The average Bonchev–Trinajstić information content (AvgIpc) is 3.21. The van der Waals surface area contributed by atoms with Gasteiger partial charge in [-0.25, -0.2) is 0 Å². The molecule has 334 valence electrons. The maximum Gasteiger partial charge on any atom is 0.306 e. The molecule has 0 amide bonds. The number of carbonyl (C=O) groups excluding carboxylic acids is 3. The van der Waals surface area contributed by atoms with Crippen LogP contribution in [0.2, 0.25) is 0 Å². The second-order valence-electron chi connectivity index (χ2n) is 16.7. The van der Waals surface area contributed by atoms with Crippen LogP contribution in [0.15, 0.2) is 24.3 Å². The molecule has 0 fully saturated rings. The van der Waals surface area contributed by atoms with Crippen LogP contribution in [0.1, 0.15) is 265 Å². The molecule has 0 spiro atoms. The predicted molar refractivity (Wildman–Crippen MR) is 243 cm³/mol. The lowest BCUT2D eigenvalue weighted by molar-refractivity contribution is -0.167. The zero-order chi connectivity index (χ0) is 41.5. The average molecular weight is 803 g/mol. The quantitative estimate of drug-likeness (QED) is 0.0264. The van der Waals surface area contributed by atoms with Gasteiger partial charge in [0.1, 0.15) is 13.2 Å². The molecular formula is C51H94O6. The maximum absolute atomic E-state index is 12.7. The number of ether oxygens (including phenoxy) is 3. The fourth-order valence-corrected chi connectivity index (χ4v) is 7.13. The van der Waals surface area contributed by atoms with Crippen molar-refractivity contribution in [2.24, 2.45) is 0 Å². The van der Waals surface area contributed by atoms with E-state index in [0.717, 1.165) is 83.5 Å². The minimum absolute atomic E-state index is 0.0740. The Kier molecular flexibility index (Phi) is 44.9. The molecule has 6 heteroatoms. The summed E-state index contributed by atoms with van der Waals surface area (Å²) < 4.78 is 16.7. The summed E-state index contributed by atoms with van der Waals surface area (Å²) in [6, 6.07) is 0. The van der Waals surface area contributed by atoms with Crippen molar-refractivity contribution in [1.82, 2.24) is 0 Å². The Morgan fingerprint density at radius 1 is 0.333 bits per heavy atom. The van der Waals surface area contributed by atoms with Gasteiger partial charge < -0.3 is 14.2 Å². The van der Waals surface area contributed by atoms with Crippen molar-refractivity contribution in [3.63, 3.8) is 0 Å². The van der Waals surface area contributed by atoms with E-state index in [0.29, 0.717) is 19.3 Å². The van der Waals surface area contributed by atoms with Crippen LogP contribution in [-0.4, -0.2) is 37.2 Å². The van der Waals surface area contributed by atoms with Gasteiger partial charge in [0, 0.05) is 19.3 Å². The van der Waals surface area contributed by atoms with Crippen LogP contribution in [0, 0.1) is 0 Å². The maximum atomic E-state index is 12.7. The van der Waals surface area contributed by atoms with E-state index in [1.54, 1.807) is 0 Å². The highest BCUT2D eigenvalue weighted by molar-refractivity contribution is 5.71. The van der Waals surface area contributed by atoms with E-state index in [-0.39, 0.29) is 31.1 Å². The first-order chi connectivity index (χ1) is 28.0. The second-order valence-corrected chi connectivity index (χ2v) is 16.7. The molecule has 6 nitrogen and oxygen atoms in total. The van der Waals surface area contributed by atoms with Crippen molar-refractivity contribution >= 4 is 17.9 Å². The molecule has 0 aliphatic carbocycles. The molecule has 0 saturated carbocycles. The molecular weight excluding hydrogens is 709 g/mol. The summed E-state index contributed by atoms with van der Waals surface area (Å²) in [5.41, 5.74) is 0. The lowest BCUT2D eigenvalue weighted by Crippen LogP contribution is -2.30. The van der Waals surface area contributed by atoms with Gasteiger partial charge in [-0.3, -0.25) is 14.4 Å². The van der Waals surface area contributed by atoms with E-state index in [1.807, 2.05) is 0 Å². The van der Waals surface area contributed by atoms with Crippen molar-refractivity contribution < 1.29 is 28.6 Å². The van der Waals surface area contributed by atoms with Crippen LogP contribution in [0.3, 0.4) is 0 Å². The highest BCUT2D eigenvalue weighted by Crippen LogP contribution is 2.16. The van der Waals surface area contributed by atoms with Gasteiger partial charge in [0.25, 0.3) is 0 Å². The molecule has 0 heterocycles. The van der Waals surface area contributed by atoms with Gasteiger partial charge in [-0.05, 0) is 57.8 Å². The molecule has 0 rings (SSSR count). The Balaban J connectivity index is 4.26. The minimum atomic E-state index is -0.772. The summed E-state index contributed by atoms with van der Waals surface area (Å²) in [7, 11) is 0. The minimum Gasteiger partial charge on any atom is -0.462 e. The molecule has 0 bridgehead atoms. The molecule has 57 heavy (non-hydrogen) atoms. The largest absolute Gasteiger partial charge is 0.462 e. The highest BCUT2D eigenvalue weighted by atomic mass is 16.6. The third-order valence-electron chi connectivity index (χ3n) is 10.9. The number of esters is 3. The number of hydrogen-bond donors (Lipinski definition) is 0. The molecule has 0 N–H and O–H groups in total. The first-order valence-corrected chi connectivity index (χ1v) is 24.8. The van der Waals surface area contributed by atoms with Crippen LogP contribution >= 0.6 is 0 Å². The third-order valence-corrected chi connectivity index (χ3v) is 10.9. The Morgan fingerprint density at radius 3 is 1.00 bits per heavy atom. The standard InChI is InChI=1S/C51H94O6/c1-4-7-10-13-16-19-22-23-24-25-26-27-28-30-32-35-38-41-44-50(53)56-47-48(46-55-49(52)43-40-37-34-31-21-18-15-12-9-6-3)57-51(54)45-42-39-36-33-29-20-17-14-11-8-5-2/h12,14-15,17,48H,4-11,13,16,18-47H2,1-3H3/b15-12-,17-14-. The van der Waals surface area contributed by atoms with Gasteiger partial charge in [-0.1, -0.05) is 212 Å². The van der Waals surface area contributed by atoms with Gasteiger partial charge >= 0.3 is 17.9 Å². The van der Waals surface area contributed by atoms with Gasteiger partial charge in [0.05, 0.1) is 0 Å². The summed E-state index contributed by atoms with van der Waals surface area (Å²) in [6.45, 7) is 6.54. The van der Waals surface area contributed by atoms with E-state index in [9.17, 15) is 14.4 Å². The fraction of sp³-hybridized carbons (Fsp3) is 0.863. The lowest BCUT2D eigenvalue weighted by atomic mass is 10.0. The van der Waals surface area contributed by atoms with E-state index < -0.39 is 6.10 Å². The molecule has 0 saturated heterocycles. The SMILES string of the molecule is CCC/C=C\CCCCCCCC(=O)OCC(COC(=O)CCCCCCCCCCCCCCCCCCCC)OC(=O)CCCCCCC/C=C\CCCC. The summed E-state index contributed by atoms with van der Waals surface area (Å²) in [5.74, 6) is -0.886. The van der Waals surface area contributed by atoms with Crippen molar-refractivity contribution in [1.29, 1.82) is 0 Å². The highest BCUT2D eigenvalue weighted by Gasteiger charge is 2.19. The molecule has 0 aliphatic rings. The Labute approximate surface area is 353 Å². The van der Waals surface area contributed by atoms with E-state index in [4.69, 9.17) is 14.2 Å². The van der Waals surface area contributed by atoms with Gasteiger partial charge in [0.2, 0.25) is 0 Å². The van der Waals surface area contributed by atoms with Crippen LogP contribution in [-0.2, 0) is 28.6 Å². The van der Waals surface area contributed by atoms with E-state index in [2.05, 4.69) is 45.1 Å². The topological polar surface area (TPSA) is 78.9 Å². The van der Waals surface area contributed by atoms with Gasteiger partial charge in [0.15, 0.2) is 6.10 Å². The van der Waals surface area contributed by atoms with Gasteiger partial charge in [-0.15, -0.1) is 0 Å². The van der Waals surface area contributed by atoms with E-state index in [1.165, 1.54) is 141 Å². The summed E-state index contributed by atoms with van der Waals surface area (Å²) in [4.78, 5) is 37.8. The Morgan fingerprint density at radius 2 is 0.632 bits per heavy atom. The summed E-state index contributed by atoms with van der Waals surface area (Å²) >= 11 is 0. The number of allylic oxidation sites excluding steroid dienone is 4. The molecule has 0 aromatic heterocycles. The molecule has 0 aromatic rings. The monoisotopic (exact) mass is 803 g/mol. The number of hydrogen-bond acceptors (Lipinski definition) is 6. The smallest absolute Gasteiger partial charge is 0.306 e. The van der Waals surface area contributed by atoms with Crippen LogP contribution in [0.25, 0.3) is 0 Å². The second kappa shape index (κ2) is 46.6. The van der Waals surface area contributed by atoms with Crippen LogP contribution < -0.4 is 0 Å². The van der Waals surface area contributed by atoms with Crippen molar-refractivity contribution in [3.05, 3.63) is 24.3 Å². The lowest BCUT2D eigenvalue weighted by Gasteiger charge is -2.18. The fourth-order valence-electron chi connectivity index (χ4n) is 7.13.